The van der Waals surface area contributed by atoms with Crippen LogP contribution in [-0.4, -0.2) is 0 Å². The third kappa shape index (κ3) is 6.89. The van der Waals surface area contributed by atoms with Crippen LogP contribution in [-0.2, 0) is 0 Å². The molecule has 10 aliphatic rings. The van der Waals surface area contributed by atoms with E-state index in [9.17, 15) is 0 Å². The van der Waals surface area contributed by atoms with E-state index in [4.69, 9.17) is 0 Å². The van der Waals surface area contributed by atoms with E-state index < -0.39 is 0 Å². The highest BCUT2D eigenvalue weighted by atomic mass is 14.5. The van der Waals surface area contributed by atoms with E-state index in [1.165, 1.54) is 114 Å². The summed E-state index contributed by atoms with van der Waals surface area (Å²) in [6, 6.07) is 0. The maximum Gasteiger partial charge on any atom is -0.0195 e. The van der Waals surface area contributed by atoms with Crippen molar-refractivity contribution < 1.29 is 0 Å². The van der Waals surface area contributed by atoms with Crippen molar-refractivity contribution >= 4 is 0 Å². The first-order valence-corrected chi connectivity index (χ1v) is 17.2. The Kier molecular flexibility index (Phi) is 9.11. The molecule has 10 saturated carbocycles. The third-order valence-electron chi connectivity index (χ3n) is 13.1. The van der Waals surface area contributed by atoms with E-state index in [0.29, 0.717) is 0 Å². The Hall–Kier alpha value is -1.04. The Morgan fingerprint density at radius 2 is 1.15 bits per heavy atom. The highest BCUT2D eigenvalue weighted by molar-refractivity contribution is 5.19. The molecule has 0 aliphatic heterocycles. The van der Waals surface area contributed by atoms with Crippen LogP contribution in [0.25, 0.3) is 0 Å². The zero-order valence-corrected chi connectivity index (χ0v) is 26.4. The van der Waals surface area contributed by atoms with Crippen LogP contribution < -0.4 is 0 Å². The molecule has 10 fully saturated rings. The minimum Gasteiger partial charge on any atom is -0.0999 e. The molecule has 0 heterocycles. The van der Waals surface area contributed by atoms with Crippen molar-refractivity contribution in [3.63, 3.8) is 0 Å². The first kappa shape index (κ1) is 29.5. The van der Waals surface area contributed by atoms with Crippen LogP contribution in [0.5, 0.6) is 0 Å². The maximum atomic E-state index is 4.28. The summed E-state index contributed by atoms with van der Waals surface area (Å²) >= 11 is 0. The fourth-order valence-electron chi connectivity index (χ4n) is 10.5. The standard InChI is InChI=1S/C12H18.C10H16.C9H14.C8H14/c1-8-10-3-9-4-11(8)7-12(2,5-9)6-10;1-7-5-10-4-3-9(7)6-8(10)2;1-6-3-9-5-8(6)4-7(9)2;1-7-3-5-8(2)6-4-7/h9-11H,1,3-7H2,2H3;8-10H,1,3-6H2,2H3;7-9H,1,3-5H2,2H3;8H,1,3-6H2,2H3. The van der Waals surface area contributed by atoms with Gasteiger partial charge in [-0.15, -0.1) is 0 Å². The molecule has 8 atom stereocenters. The molecule has 0 aromatic carbocycles. The van der Waals surface area contributed by atoms with Gasteiger partial charge in [0.1, 0.15) is 0 Å². The van der Waals surface area contributed by atoms with Gasteiger partial charge in [-0.05, 0) is 167 Å². The van der Waals surface area contributed by atoms with E-state index >= 15 is 0 Å². The smallest absolute Gasteiger partial charge is 0.0195 e. The van der Waals surface area contributed by atoms with E-state index in [2.05, 4.69) is 54.0 Å². The molecule has 0 spiro atoms. The Bertz CT molecular complexity index is 902. The lowest BCUT2D eigenvalue weighted by Crippen LogP contribution is -2.45. The number of rotatable bonds is 0. The molecule has 0 aromatic rings. The molecule has 0 aromatic heterocycles. The highest BCUT2D eigenvalue weighted by Gasteiger charge is 2.50. The van der Waals surface area contributed by atoms with Crippen molar-refractivity contribution in [3.05, 3.63) is 48.6 Å². The number of allylic oxidation sites excluding steroid dienone is 4. The molecular weight excluding hydrogens is 468 g/mol. The van der Waals surface area contributed by atoms with Crippen LogP contribution >= 0.6 is 0 Å². The van der Waals surface area contributed by atoms with Gasteiger partial charge in [-0.3, -0.25) is 0 Å². The van der Waals surface area contributed by atoms with Crippen molar-refractivity contribution in [2.45, 2.75) is 130 Å². The third-order valence-corrected chi connectivity index (χ3v) is 13.1. The van der Waals surface area contributed by atoms with Gasteiger partial charge in [0.25, 0.3) is 0 Å². The van der Waals surface area contributed by atoms with Crippen LogP contribution in [0.4, 0.5) is 0 Å². The summed E-state index contributed by atoms with van der Waals surface area (Å²) in [4.78, 5) is 0. The number of fused-ring (bicyclic) bond motifs is 5. The van der Waals surface area contributed by atoms with Crippen LogP contribution in [0.2, 0.25) is 0 Å². The maximum absolute atomic E-state index is 4.28. The van der Waals surface area contributed by atoms with Gasteiger partial charge >= 0.3 is 0 Å². The molecule has 8 bridgehead atoms. The van der Waals surface area contributed by atoms with E-state index in [0.717, 1.165) is 64.6 Å². The van der Waals surface area contributed by atoms with Gasteiger partial charge in [0.2, 0.25) is 0 Å². The van der Waals surface area contributed by atoms with Crippen molar-refractivity contribution in [1.82, 2.24) is 0 Å². The van der Waals surface area contributed by atoms with Crippen LogP contribution in [0.3, 0.4) is 0 Å². The second kappa shape index (κ2) is 12.1. The van der Waals surface area contributed by atoms with E-state index in [-0.39, 0.29) is 0 Å². The Morgan fingerprint density at radius 3 is 1.54 bits per heavy atom. The molecule has 10 rings (SSSR count). The fraction of sp³-hybridized carbons (Fsp3) is 0.795. The molecule has 0 saturated heterocycles. The number of hydrogen-bond acceptors (Lipinski definition) is 0. The molecule has 8 unspecified atom stereocenters. The molecule has 39 heavy (non-hydrogen) atoms. The highest BCUT2D eigenvalue weighted by Crippen LogP contribution is 2.61. The monoisotopic (exact) mass is 530 g/mol. The van der Waals surface area contributed by atoms with Crippen molar-refractivity contribution in [2.24, 2.45) is 64.6 Å². The quantitative estimate of drug-likeness (QED) is 0.273. The SMILES string of the molecule is C=C1C2CC3CC1CC(C)(C3)C2.C=C1CC2CC1CC2C.C=C1CC2CCC1CC2C.C=C1CCC(C)CC1. The van der Waals surface area contributed by atoms with E-state index in [1.807, 2.05) is 0 Å². The molecule has 0 nitrogen and oxygen atoms in total. The molecule has 0 amide bonds. The normalized spacial score (nSPS) is 45.3. The van der Waals surface area contributed by atoms with Crippen molar-refractivity contribution in [2.75, 3.05) is 0 Å². The molecule has 218 valence electrons. The summed E-state index contributed by atoms with van der Waals surface area (Å²) in [5, 5.41) is 0. The molecule has 0 heteroatoms. The molecule has 0 N–H and O–H groups in total. The topological polar surface area (TPSA) is 0 Å². The molecule has 10 aliphatic carbocycles. The van der Waals surface area contributed by atoms with E-state index in [1.54, 1.807) is 11.1 Å². The first-order chi connectivity index (χ1) is 18.5. The van der Waals surface area contributed by atoms with Gasteiger partial charge in [0.05, 0.1) is 0 Å². The lowest BCUT2D eigenvalue weighted by atomic mass is 9.49. The van der Waals surface area contributed by atoms with Gasteiger partial charge in [0, 0.05) is 0 Å². The Balaban J connectivity index is 0.000000107. The fourth-order valence-corrected chi connectivity index (χ4v) is 10.5. The van der Waals surface area contributed by atoms with Crippen LogP contribution in [0.1, 0.15) is 130 Å². The van der Waals surface area contributed by atoms with Gasteiger partial charge in [-0.2, -0.15) is 0 Å². The summed E-state index contributed by atoms with van der Waals surface area (Å²) in [7, 11) is 0. The minimum absolute atomic E-state index is 0.720. The van der Waals surface area contributed by atoms with Gasteiger partial charge < -0.3 is 0 Å². The zero-order chi connectivity index (χ0) is 27.9. The summed E-state index contributed by atoms with van der Waals surface area (Å²) in [6.45, 7) is 26.1. The predicted octanol–water partition coefficient (Wildman–Crippen LogP) is 11.7. The lowest BCUT2D eigenvalue weighted by Gasteiger charge is -2.56. The average Bonchev–Trinajstić information content (AvgIpc) is 3.43. The zero-order valence-electron chi connectivity index (χ0n) is 26.4. The second-order valence-corrected chi connectivity index (χ2v) is 16.5. The summed E-state index contributed by atoms with van der Waals surface area (Å²) in [5.74, 6) is 9.69. The second-order valence-electron chi connectivity index (χ2n) is 16.5. The summed E-state index contributed by atoms with van der Waals surface area (Å²) < 4.78 is 0. The van der Waals surface area contributed by atoms with Crippen LogP contribution in [0, 0.1) is 64.6 Å². The van der Waals surface area contributed by atoms with Crippen molar-refractivity contribution in [1.29, 1.82) is 0 Å². The Labute approximate surface area is 243 Å². The molecular formula is C39H62. The largest absolute Gasteiger partial charge is 0.0999 e. The predicted molar refractivity (Wildman–Crippen MR) is 170 cm³/mol. The summed E-state index contributed by atoms with van der Waals surface area (Å²) in [5.41, 5.74) is 6.89. The summed E-state index contributed by atoms with van der Waals surface area (Å²) in [6.07, 6.45) is 22.6. The first-order valence-electron chi connectivity index (χ1n) is 17.2. The van der Waals surface area contributed by atoms with Gasteiger partial charge in [-0.1, -0.05) is 76.3 Å². The Morgan fingerprint density at radius 1 is 0.590 bits per heavy atom. The van der Waals surface area contributed by atoms with Gasteiger partial charge in [0.15, 0.2) is 0 Å². The van der Waals surface area contributed by atoms with Gasteiger partial charge in [-0.25, -0.2) is 0 Å². The molecule has 0 radical (unpaired) electrons. The minimum atomic E-state index is 0.720. The van der Waals surface area contributed by atoms with Crippen LogP contribution in [0.15, 0.2) is 48.6 Å². The number of hydrogen-bond donors (Lipinski definition) is 0. The average molecular weight is 531 g/mol. The lowest BCUT2D eigenvalue weighted by molar-refractivity contribution is -0.000345. The van der Waals surface area contributed by atoms with Crippen molar-refractivity contribution in [3.8, 4) is 0 Å².